The Kier molecular flexibility index (Phi) is 8.16. The molecule has 0 bridgehead atoms. The fraction of sp³-hybridized carbons (Fsp3) is 0.438. The summed E-state index contributed by atoms with van der Waals surface area (Å²) < 4.78 is 30.5. The lowest BCUT2D eigenvalue weighted by atomic mass is 9.92. The largest absolute Gasteiger partial charge is 0.388 e. The Labute approximate surface area is 243 Å². The molecule has 2 fully saturated rings. The predicted octanol–water partition coefficient (Wildman–Crippen LogP) is 4.37. The molecule has 2 atom stereocenters. The molecule has 3 heterocycles. The molecule has 1 saturated heterocycles. The second-order valence-corrected chi connectivity index (χ2v) is 11.2. The Morgan fingerprint density at radius 2 is 1.98 bits per heavy atom. The van der Waals surface area contributed by atoms with Crippen LogP contribution < -0.4 is 5.56 Å². The first-order valence-corrected chi connectivity index (χ1v) is 14.6. The molecule has 1 saturated carbocycles. The van der Waals surface area contributed by atoms with E-state index in [4.69, 9.17) is 9.47 Å². The molecule has 6 rings (SSSR count). The van der Waals surface area contributed by atoms with Gasteiger partial charge in [0.05, 0.1) is 36.6 Å². The van der Waals surface area contributed by atoms with Crippen LogP contribution in [0.5, 0.6) is 0 Å². The zero-order chi connectivity index (χ0) is 29.2. The Morgan fingerprint density at radius 1 is 1.17 bits per heavy atom. The Hall–Kier alpha value is -3.91. The smallest absolute Gasteiger partial charge is 0.259 e. The molecule has 218 valence electrons. The number of hydrogen-bond acceptors (Lipinski definition) is 7. The molecule has 1 aliphatic heterocycles. The van der Waals surface area contributed by atoms with Gasteiger partial charge in [0, 0.05) is 18.0 Å². The third kappa shape index (κ3) is 5.36. The maximum atomic E-state index is 15.6. The first kappa shape index (κ1) is 28.2. The van der Waals surface area contributed by atoms with E-state index in [1.807, 2.05) is 13.0 Å². The van der Waals surface area contributed by atoms with Crippen LogP contribution in [0.3, 0.4) is 0 Å². The second kappa shape index (κ2) is 12.1. The molecule has 9 nitrogen and oxygen atoms in total. The lowest BCUT2D eigenvalue weighted by Crippen LogP contribution is -2.37. The summed E-state index contributed by atoms with van der Waals surface area (Å²) in [4.78, 5) is 18.7. The van der Waals surface area contributed by atoms with Gasteiger partial charge < -0.3 is 14.6 Å². The summed E-state index contributed by atoms with van der Waals surface area (Å²) in [6.07, 6.45) is 4.96. The second-order valence-electron chi connectivity index (χ2n) is 11.2. The molecule has 2 aromatic carbocycles. The molecule has 2 aliphatic rings. The van der Waals surface area contributed by atoms with Gasteiger partial charge in [-0.05, 0) is 60.9 Å². The number of ether oxygens (including phenoxy) is 2. The zero-order valence-corrected chi connectivity index (χ0v) is 23.6. The number of hydrogen-bond donors (Lipinski definition) is 1. The van der Waals surface area contributed by atoms with Crippen LogP contribution in [-0.2, 0) is 22.3 Å². The lowest BCUT2D eigenvalue weighted by Gasteiger charge is -2.32. The van der Waals surface area contributed by atoms with Crippen LogP contribution in [0.25, 0.3) is 16.9 Å². The third-order valence-electron chi connectivity index (χ3n) is 8.47. The van der Waals surface area contributed by atoms with E-state index in [1.54, 1.807) is 39.4 Å². The van der Waals surface area contributed by atoms with Gasteiger partial charge in [-0.15, -0.1) is 0 Å². The van der Waals surface area contributed by atoms with Gasteiger partial charge in [0.2, 0.25) is 5.78 Å². The van der Waals surface area contributed by atoms with E-state index in [1.165, 1.54) is 12.4 Å². The minimum atomic E-state index is -0.606. The molecule has 10 heteroatoms. The zero-order valence-electron chi connectivity index (χ0n) is 23.6. The molecule has 0 unspecified atom stereocenters. The monoisotopic (exact) mass is 571 g/mol. The number of halogens is 1. The summed E-state index contributed by atoms with van der Waals surface area (Å²) in [6.45, 7) is 2.73. The number of benzene rings is 2. The van der Waals surface area contributed by atoms with Crippen LogP contribution in [-0.4, -0.2) is 55.8 Å². The highest BCUT2D eigenvalue weighted by Gasteiger charge is 2.33. The highest BCUT2D eigenvalue weighted by atomic mass is 19.1. The SMILES string of the molecule is CCCc1c(Cc2ccc(-c3ccccc3C#N)cc2F)c(=O)n([C@H]2CC[C@H](O[C@@H]3COC[C@@H]3O)CC2)c2ncnn12. The van der Waals surface area contributed by atoms with Crippen LogP contribution in [0.2, 0.25) is 0 Å². The number of nitriles is 1. The van der Waals surface area contributed by atoms with Crippen molar-refractivity contribution in [3.05, 3.63) is 87.3 Å². The maximum Gasteiger partial charge on any atom is 0.259 e. The first-order valence-electron chi connectivity index (χ1n) is 14.6. The van der Waals surface area contributed by atoms with Crippen LogP contribution in [0, 0.1) is 17.1 Å². The number of aryl methyl sites for hydroxylation is 1. The molecule has 2 aromatic heterocycles. The number of nitrogens with zero attached hydrogens (tertiary/aromatic N) is 5. The van der Waals surface area contributed by atoms with Crippen molar-refractivity contribution in [2.24, 2.45) is 0 Å². The molecule has 1 N–H and O–H groups in total. The molecular weight excluding hydrogens is 537 g/mol. The van der Waals surface area contributed by atoms with Crippen molar-refractivity contribution in [3.8, 4) is 17.2 Å². The predicted molar refractivity (Wildman–Crippen MR) is 154 cm³/mol. The summed E-state index contributed by atoms with van der Waals surface area (Å²) in [6, 6.07) is 14.1. The van der Waals surface area contributed by atoms with Crippen molar-refractivity contribution in [1.29, 1.82) is 5.26 Å². The van der Waals surface area contributed by atoms with Crippen LogP contribution in [0.15, 0.2) is 53.6 Å². The van der Waals surface area contributed by atoms with Gasteiger partial charge in [0.15, 0.2) is 0 Å². The summed E-state index contributed by atoms with van der Waals surface area (Å²) >= 11 is 0. The number of rotatable bonds is 8. The van der Waals surface area contributed by atoms with Gasteiger partial charge in [-0.25, -0.2) is 8.91 Å². The summed E-state index contributed by atoms with van der Waals surface area (Å²) in [5.41, 5.74) is 3.26. The van der Waals surface area contributed by atoms with E-state index in [9.17, 15) is 15.2 Å². The maximum absolute atomic E-state index is 15.6. The average molecular weight is 572 g/mol. The Balaban J connectivity index is 1.32. The van der Waals surface area contributed by atoms with Gasteiger partial charge in [0.1, 0.15) is 24.4 Å². The van der Waals surface area contributed by atoms with Crippen LogP contribution in [0.1, 0.15) is 67.5 Å². The van der Waals surface area contributed by atoms with E-state index < -0.39 is 11.9 Å². The molecule has 0 spiro atoms. The topological polar surface area (TPSA) is 115 Å². The first-order chi connectivity index (χ1) is 20.5. The normalized spacial score (nSPS) is 22.4. The number of aromatic nitrogens is 4. The fourth-order valence-electron chi connectivity index (χ4n) is 6.30. The fourth-order valence-corrected chi connectivity index (χ4v) is 6.30. The highest BCUT2D eigenvalue weighted by molar-refractivity contribution is 5.70. The van der Waals surface area contributed by atoms with Gasteiger partial charge in [-0.2, -0.15) is 15.3 Å². The minimum Gasteiger partial charge on any atom is -0.388 e. The van der Waals surface area contributed by atoms with E-state index in [2.05, 4.69) is 16.2 Å². The quantitative estimate of drug-likeness (QED) is 0.334. The Morgan fingerprint density at radius 3 is 2.69 bits per heavy atom. The van der Waals surface area contributed by atoms with Gasteiger partial charge in [0.25, 0.3) is 5.56 Å². The highest BCUT2D eigenvalue weighted by Crippen LogP contribution is 2.32. The van der Waals surface area contributed by atoms with Crippen molar-refractivity contribution in [3.63, 3.8) is 0 Å². The summed E-state index contributed by atoms with van der Waals surface area (Å²) in [5.74, 6) is 0.0724. The molecule has 0 radical (unpaired) electrons. The van der Waals surface area contributed by atoms with Crippen molar-refractivity contribution >= 4 is 5.78 Å². The number of fused-ring (bicyclic) bond motifs is 1. The summed E-state index contributed by atoms with van der Waals surface area (Å²) in [7, 11) is 0. The van der Waals surface area contributed by atoms with Crippen molar-refractivity contribution in [2.75, 3.05) is 13.2 Å². The van der Waals surface area contributed by atoms with Gasteiger partial charge in [-0.1, -0.05) is 43.7 Å². The molecule has 1 aliphatic carbocycles. The number of aliphatic hydroxyl groups excluding tert-OH is 1. The summed E-state index contributed by atoms with van der Waals surface area (Å²) in [5, 5.41) is 24.0. The van der Waals surface area contributed by atoms with Crippen molar-refractivity contribution in [2.45, 2.75) is 76.2 Å². The standard InChI is InChI=1S/C32H34FN5O4/c1-2-5-28-26(14-21-9-8-20(15-27(21)33)25-7-4-3-6-22(25)16-34)31(40)37(32-35-19-36-38(28)32)23-10-12-24(13-11-23)42-30-18-41-17-29(30)39/h3-4,6-9,15,19,23-24,29-30,39H,2,5,10-14,17-18H2,1H3/t23-,24-,29-,30+/m0/s1. The van der Waals surface area contributed by atoms with E-state index >= 15 is 4.39 Å². The number of aliphatic hydroxyl groups is 1. The van der Waals surface area contributed by atoms with E-state index in [-0.39, 0.29) is 30.2 Å². The average Bonchev–Trinajstić information content (AvgIpc) is 3.65. The molecule has 0 amide bonds. The molecule has 4 aromatic rings. The van der Waals surface area contributed by atoms with Gasteiger partial charge in [-0.3, -0.25) is 9.36 Å². The minimum absolute atomic E-state index is 0.00944. The molecular formula is C32H34FN5O4. The van der Waals surface area contributed by atoms with E-state index in [0.717, 1.165) is 25.0 Å². The van der Waals surface area contributed by atoms with E-state index in [0.29, 0.717) is 66.1 Å². The lowest BCUT2D eigenvalue weighted by molar-refractivity contribution is -0.0712. The molecule has 42 heavy (non-hydrogen) atoms. The van der Waals surface area contributed by atoms with Crippen molar-refractivity contribution < 1.29 is 19.0 Å². The third-order valence-corrected chi connectivity index (χ3v) is 8.47. The Bertz CT molecular complexity index is 1680. The van der Waals surface area contributed by atoms with Crippen molar-refractivity contribution in [1.82, 2.24) is 19.2 Å². The van der Waals surface area contributed by atoms with Gasteiger partial charge >= 0.3 is 0 Å². The van der Waals surface area contributed by atoms with Crippen LogP contribution >= 0.6 is 0 Å². The van der Waals surface area contributed by atoms with Crippen LogP contribution in [0.4, 0.5) is 4.39 Å².